The summed E-state index contributed by atoms with van der Waals surface area (Å²) in [5.41, 5.74) is 3.95. The minimum atomic E-state index is -1.08. The molecule has 4 N–H and O–H groups in total. The van der Waals surface area contributed by atoms with E-state index in [2.05, 4.69) is 16.0 Å². The van der Waals surface area contributed by atoms with Crippen LogP contribution in [0.1, 0.15) is 42.7 Å². The molecule has 0 saturated carbocycles. The zero-order valence-electron chi connectivity index (χ0n) is 25.3. The van der Waals surface area contributed by atoms with Gasteiger partial charge in [0.2, 0.25) is 5.91 Å². The van der Waals surface area contributed by atoms with E-state index in [9.17, 15) is 24.3 Å². The second-order valence-corrected chi connectivity index (χ2v) is 11.7. The molecular weight excluding hydrogens is 611 g/mol. The van der Waals surface area contributed by atoms with Crippen LogP contribution in [0.4, 0.5) is 11.4 Å². The van der Waals surface area contributed by atoms with Gasteiger partial charge in [0, 0.05) is 21.8 Å². The second-order valence-electron chi connectivity index (χ2n) is 10.5. The van der Waals surface area contributed by atoms with Gasteiger partial charge in [-0.2, -0.15) is 0 Å². The standard InChI is InChI=1S/C38H31N3O5S/c1-25-11-8-9-16-28(25)24-33(41-35(42)27-14-6-3-7-15-27)36(43)39-30-19-21-32(22-20-30)47-34(26-12-4-2-5-13-26)37(44)40-31-18-10-17-29(23-31)38(45)46/h2-24,34H,1H3,(H,39,43)(H,40,44)(H,41,42)(H,45,46)/b33-24-. The predicted molar refractivity (Wildman–Crippen MR) is 185 cm³/mol. The number of benzene rings is 5. The molecule has 1 unspecified atom stereocenters. The van der Waals surface area contributed by atoms with E-state index in [0.717, 1.165) is 21.6 Å². The third-order valence-electron chi connectivity index (χ3n) is 7.10. The summed E-state index contributed by atoms with van der Waals surface area (Å²) in [5.74, 6) is -2.31. The number of amides is 3. The van der Waals surface area contributed by atoms with Gasteiger partial charge in [0.25, 0.3) is 11.8 Å². The van der Waals surface area contributed by atoms with E-state index in [1.165, 1.54) is 23.9 Å². The predicted octanol–water partition coefficient (Wildman–Crippen LogP) is 7.57. The van der Waals surface area contributed by atoms with E-state index < -0.39 is 23.0 Å². The topological polar surface area (TPSA) is 125 Å². The highest BCUT2D eigenvalue weighted by atomic mass is 32.2. The summed E-state index contributed by atoms with van der Waals surface area (Å²) in [7, 11) is 0. The molecule has 3 amide bonds. The van der Waals surface area contributed by atoms with Gasteiger partial charge in [0.1, 0.15) is 10.9 Å². The number of carboxylic acids is 1. The molecule has 1 atom stereocenters. The van der Waals surface area contributed by atoms with Crippen molar-refractivity contribution >= 4 is 52.9 Å². The van der Waals surface area contributed by atoms with E-state index in [1.807, 2.05) is 67.6 Å². The van der Waals surface area contributed by atoms with Gasteiger partial charge < -0.3 is 21.1 Å². The van der Waals surface area contributed by atoms with Crippen molar-refractivity contribution < 1.29 is 24.3 Å². The highest BCUT2D eigenvalue weighted by molar-refractivity contribution is 8.00. The molecule has 0 spiro atoms. The van der Waals surface area contributed by atoms with Crippen molar-refractivity contribution in [3.8, 4) is 0 Å². The van der Waals surface area contributed by atoms with Gasteiger partial charge in [-0.1, -0.05) is 78.9 Å². The van der Waals surface area contributed by atoms with Crippen molar-refractivity contribution in [3.05, 3.63) is 167 Å². The Labute approximate surface area is 276 Å². The first-order chi connectivity index (χ1) is 22.8. The fourth-order valence-electron chi connectivity index (χ4n) is 4.64. The lowest BCUT2D eigenvalue weighted by Crippen LogP contribution is -2.30. The van der Waals surface area contributed by atoms with E-state index in [1.54, 1.807) is 66.7 Å². The van der Waals surface area contributed by atoms with Crippen LogP contribution in [0.15, 0.2) is 144 Å². The van der Waals surface area contributed by atoms with Crippen LogP contribution in [0.2, 0.25) is 0 Å². The maximum absolute atomic E-state index is 13.5. The monoisotopic (exact) mass is 641 g/mol. The average molecular weight is 642 g/mol. The molecule has 5 aromatic carbocycles. The van der Waals surface area contributed by atoms with E-state index in [0.29, 0.717) is 16.9 Å². The molecule has 0 bridgehead atoms. The number of thioether (sulfide) groups is 1. The normalized spacial score (nSPS) is 11.6. The Morgan fingerprint density at radius 3 is 2.00 bits per heavy atom. The molecule has 8 nitrogen and oxygen atoms in total. The van der Waals surface area contributed by atoms with Crippen LogP contribution < -0.4 is 16.0 Å². The minimum Gasteiger partial charge on any atom is -0.478 e. The third-order valence-corrected chi connectivity index (χ3v) is 8.37. The summed E-state index contributed by atoms with van der Waals surface area (Å²) in [5, 5.41) is 17.1. The van der Waals surface area contributed by atoms with Crippen LogP contribution in [0, 0.1) is 6.92 Å². The molecule has 0 aliphatic carbocycles. The lowest BCUT2D eigenvalue weighted by molar-refractivity contribution is -0.116. The molecule has 0 heterocycles. The first-order valence-electron chi connectivity index (χ1n) is 14.7. The van der Waals surface area contributed by atoms with Gasteiger partial charge in [-0.3, -0.25) is 14.4 Å². The van der Waals surface area contributed by atoms with Gasteiger partial charge in [0.05, 0.1) is 5.56 Å². The summed E-state index contributed by atoms with van der Waals surface area (Å²) < 4.78 is 0. The Morgan fingerprint density at radius 1 is 0.681 bits per heavy atom. The van der Waals surface area contributed by atoms with E-state index in [4.69, 9.17) is 0 Å². The average Bonchev–Trinajstić information content (AvgIpc) is 3.09. The molecule has 234 valence electrons. The SMILES string of the molecule is Cc1ccccc1/C=C(\NC(=O)c1ccccc1)C(=O)Nc1ccc(SC(C(=O)Nc2cccc(C(=O)O)c2)c2ccccc2)cc1. The molecule has 0 aromatic heterocycles. The number of hydrogen-bond acceptors (Lipinski definition) is 5. The fourth-order valence-corrected chi connectivity index (χ4v) is 5.66. The molecule has 0 aliphatic rings. The van der Waals surface area contributed by atoms with Gasteiger partial charge in [-0.25, -0.2) is 4.79 Å². The molecule has 47 heavy (non-hydrogen) atoms. The maximum atomic E-state index is 13.5. The number of carboxylic acid groups (broad SMARTS) is 1. The summed E-state index contributed by atoms with van der Waals surface area (Å²) in [6.45, 7) is 1.92. The zero-order chi connectivity index (χ0) is 33.2. The molecule has 5 aromatic rings. The van der Waals surface area contributed by atoms with Crippen LogP contribution in [0.5, 0.6) is 0 Å². The van der Waals surface area contributed by atoms with E-state index >= 15 is 0 Å². The zero-order valence-corrected chi connectivity index (χ0v) is 26.2. The van der Waals surface area contributed by atoms with Crippen molar-refractivity contribution in [1.29, 1.82) is 0 Å². The number of hydrogen-bond donors (Lipinski definition) is 4. The Kier molecular flexibility index (Phi) is 10.6. The van der Waals surface area contributed by atoms with Gasteiger partial charge >= 0.3 is 5.97 Å². The molecule has 9 heteroatoms. The molecule has 5 rings (SSSR count). The number of nitrogens with one attached hydrogen (secondary N) is 3. The van der Waals surface area contributed by atoms with Crippen molar-refractivity contribution in [3.63, 3.8) is 0 Å². The number of rotatable bonds is 11. The highest BCUT2D eigenvalue weighted by Crippen LogP contribution is 2.37. The highest BCUT2D eigenvalue weighted by Gasteiger charge is 2.23. The number of aromatic carboxylic acids is 1. The van der Waals surface area contributed by atoms with Crippen LogP contribution in [-0.4, -0.2) is 28.8 Å². The summed E-state index contributed by atoms with van der Waals surface area (Å²) in [6, 6.07) is 38.6. The molecule has 0 radical (unpaired) electrons. The Morgan fingerprint density at radius 2 is 1.32 bits per heavy atom. The number of anilines is 2. The Hall–Kier alpha value is -5.93. The van der Waals surface area contributed by atoms with E-state index in [-0.39, 0.29) is 17.2 Å². The molecule has 0 aliphatic heterocycles. The lowest BCUT2D eigenvalue weighted by atomic mass is 10.1. The van der Waals surface area contributed by atoms with Gasteiger partial charge in [0.15, 0.2) is 0 Å². The minimum absolute atomic E-state index is 0.0703. The molecule has 0 saturated heterocycles. The second kappa shape index (κ2) is 15.4. The maximum Gasteiger partial charge on any atom is 0.335 e. The van der Waals surface area contributed by atoms with Gasteiger partial charge in [-0.05, 0) is 84.3 Å². The first kappa shape index (κ1) is 32.5. The lowest BCUT2D eigenvalue weighted by Gasteiger charge is -2.18. The Balaban J connectivity index is 1.33. The largest absolute Gasteiger partial charge is 0.478 e. The van der Waals surface area contributed by atoms with Crippen molar-refractivity contribution in [2.24, 2.45) is 0 Å². The van der Waals surface area contributed by atoms with Crippen LogP contribution in [0.3, 0.4) is 0 Å². The number of carbonyl (C=O) groups is 4. The number of aryl methyl sites for hydroxylation is 1. The summed E-state index contributed by atoms with van der Waals surface area (Å²) in [4.78, 5) is 52.1. The van der Waals surface area contributed by atoms with Crippen LogP contribution >= 0.6 is 11.8 Å². The van der Waals surface area contributed by atoms with Crippen LogP contribution in [0.25, 0.3) is 6.08 Å². The smallest absolute Gasteiger partial charge is 0.335 e. The fraction of sp³-hybridized carbons (Fsp3) is 0.0526. The first-order valence-corrected chi connectivity index (χ1v) is 15.6. The summed E-state index contributed by atoms with van der Waals surface area (Å²) >= 11 is 1.31. The number of carbonyl (C=O) groups excluding carboxylic acids is 3. The van der Waals surface area contributed by atoms with Crippen molar-refractivity contribution in [1.82, 2.24) is 5.32 Å². The molecule has 0 fully saturated rings. The third kappa shape index (κ3) is 8.84. The van der Waals surface area contributed by atoms with Crippen molar-refractivity contribution in [2.45, 2.75) is 17.1 Å². The molecular formula is C38H31N3O5S. The van der Waals surface area contributed by atoms with Crippen LogP contribution in [-0.2, 0) is 9.59 Å². The summed E-state index contributed by atoms with van der Waals surface area (Å²) in [6.07, 6.45) is 1.64. The quantitative estimate of drug-likeness (QED) is 0.0871. The van der Waals surface area contributed by atoms with Crippen molar-refractivity contribution in [2.75, 3.05) is 10.6 Å². The Bertz CT molecular complexity index is 1930. The van der Waals surface area contributed by atoms with Gasteiger partial charge in [-0.15, -0.1) is 11.8 Å².